The fraction of sp³-hybridized carbons (Fsp3) is 0.0714. The molecule has 0 atom stereocenters. The zero-order valence-electron chi connectivity index (χ0n) is 11.0. The van der Waals surface area contributed by atoms with Gasteiger partial charge in [-0.25, -0.2) is 0 Å². The summed E-state index contributed by atoms with van der Waals surface area (Å²) in [6.45, 7) is 0. The second-order valence-corrected chi connectivity index (χ2v) is 8.07. The fourth-order valence-corrected chi connectivity index (χ4v) is 3.88. The Labute approximate surface area is 128 Å². The Kier molecular flexibility index (Phi) is 4.70. The van der Waals surface area contributed by atoms with E-state index in [4.69, 9.17) is 0 Å². The van der Waals surface area contributed by atoms with Crippen LogP contribution in [-0.4, -0.2) is 34.0 Å². The van der Waals surface area contributed by atoms with E-state index in [9.17, 15) is 18.5 Å². The summed E-state index contributed by atoms with van der Waals surface area (Å²) in [5.41, 5.74) is 0.559. The molecule has 2 aromatic rings. The van der Waals surface area contributed by atoms with Crippen LogP contribution in [0.5, 0.6) is 0 Å². The molecule has 0 N–H and O–H groups in total. The summed E-state index contributed by atoms with van der Waals surface area (Å²) in [5, 5.41) is 14.4. The van der Waals surface area contributed by atoms with Gasteiger partial charge in [-0.15, -0.1) is 0 Å². The SMILES string of the molecule is C=[As]c1ccc(CS(=O)(=O)c2ccc([N+](=O)[O-])cc2)cc1. The Morgan fingerprint density at radius 2 is 1.62 bits per heavy atom. The molecule has 2 aromatic carbocycles. The number of nitro benzene ring substituents is 1. The number of nitro groups is 1. The van der Waals surface area contributed by atoms with Gasteiger partial charge in [-0.1, -0.05) is 0 Å². The Balaban J connectivity index is 2.24. The average Bonchev–Trinajstić information content (AvgIpc) is 2.48. The zero-order chi connectivity index (χ0) is 15.5. The molecule has 5 nitrogen and oxygen atoms in total. The van der Waals surface area contributed by atoms with Gasteiger partial charge in [0.1, 0.15) is 0 Å². The van der Waals surface area contributed by atoms with Gasteiger partial charge in [-0.2, -0.15) is 0 Å². The maximum absolute atomic E-state index is 12.3. The van der Waals surface area contributed by atoms with Gasteiger partial charge in [0.25, 0.3) is 0 Å². The quantitative estimate of drug-likeness (QED) is 0.455. The molecule has 0 heterocycles. The third-order valence-electron chi connectivity index (χ3n) is 2.88. The predicted molar refractivity (Wildman–Crippen MR) is 82.9 cm³/mol. The number of nitrogens with zero attached hydrogens (tertiary/aromatic N) is 1. The summed E-state index contributed by atoms with van der Waals surface area (Å²) in [6, 6.07) is 12.2. The number of sulfone groups is 1. The van der Waals surface area contributed by atoms with Crippen LogP contribution in [-0.2, 0) is 15.6 Å². The van der Waals surface area contributed by atoms with Crippen LogP contribution >= 0.6 is 0 Å². The van der Waals surface area contributed by atoms with Crippen molar-refractivity contribution in [3.8, 4) is 0 Å². The van der Waals surface area contributed by atoms with Crippen LogP contribution in [0.3, 0.4) is 0 Å². The summed E-state index contributed by atoms with van der Waals surface area (Å²) >= 11 is -0.122. The van der Waals surface area contributed by atoms with E-state index >= 15 is 0 Å². The predicted octanol–water partition coefficient (Wildman–Crippen LogP) is 1.33. The molecular formula is C14H12AsNO4S. The molecule has 0 saturated heterocycles. The van der Waals surface area contributed by atoms with E-state index in [1.807, 2.05) is 12.1 Å². The van der Waals surface area contributed by atoms with Crippen molar-refractivity contribution in [3.63, 3.8) is 0 Å². The molecule has 0 aliphatic rings. The summed E-state index contributed by atoms with van der Waals surface area (Å²) in [4.78, 5) is 10.1. The van der Waals surface area contributed by atoms with Crippen molar-refractivity contribution in [1.29, 1.82) is 0 Å². The van der Waals surface area contributed by atoms with Gasteiger partial charge >= 0.3 is 129 Å². The van der Waals surface area contributed by atoms with E-state index in [0.717, 1.165) is 4.35 Å². The zero-order valence-corrected chi connectivity index (χ0v) is 13.7. The maximum atomic E-state index is 12.3. The molecule has 0 aliphatic carbocycles. The van der Waals surface area contributed by atoms with E-state index in [1.165, 1.54) is 24.3 Å². The van der Waals surface area contributed by atoms with Crippen molar-refractivity contribution >= 4 is 40.5 Å². The van der Waals surface area contributed by atoms with Gasteiger partial charge < -0.3 is 0 Å². The molecule has 0 aliphatic heterocycles. The molecule has 0 amide bonds. The first-order valence-electron chi connectivity index (χ1n) is 5.95. The summed E-state index contributed by atoms with van der Waals surface area (Å²) in [5.74, 6) is -0.126. The molecule has 2 rings (SSSR count). The molecular weight excluding hydrogens is 353 g/mol. The van der Waals surface area contributed by atoms with E-state index in [1.54, 1.807) is 12.1 Å². The first-order chi connectivity index (χ1) is 9.92. The first-order valence-corrected chi connectivity index (χ1v) is 9.87. The molecule has 0 bridgehead atoms. The minimum atomic E-state index is -3.51. The second-order valence-electron chi connectivity index (χ2n) is 4.33. The van der Waals surface area contributed by atoms with Gasteiger partial charge in [0, 0.05) is 0 Å². The van der Waals surface area contributed by atoms with Gasteiger partial charge in [0.2, 0.25) is 0 Å². The van der Waals surface area contributed by atoms with Crippen LogP contribution < -0.4 is 4.35 Å². The standard InChI is InChI=1S/C14H12AsNO4S/c1-15-12-4-2-11(3-5-12)10-21(19,20)14-8-6-13(7-9-14)16(17)18/h2-9H,1,10H2. The van der Waals surface area contributed by atoms with Crippen LogP contribution in [0.4, 0.5) is 5.69 Å². The van der Waals surface area contributed by atoms with Gasteiger partial charge in [-0.3, -0.25) is 0 Å². The van der Waals surface area contributed by atoms with Gasteiger partial charge in [0.15, 0.2) is 0 Å². The first kappa shape index (κ1) is 15.6. The Morgan fingerprint density at radius 1 is 1.05 bits per heavy atom. The minimum absolute atomic E-state index is 0.0839. The fourth-order valence-electron chi connectivity index (χ4n) is 1.78. The number of hydrogen-bond acceptors (Lipinski definition) is 4. The monoisotopic (exact) mass is 365 g/mol. The summed E-state index contributed by atoms with van der Waals surface area (Å²) in [7, 11) is -3.51. The van der Waals surface area contributed by atoms with Crippen molar-refractivity contribution in [2.75, 3.05) is 0 Å². The number of non-ortho nitro benzene ring substituents is 1. The van der Waals surface area contributed by atoms with Crippen molar-refractivity contribution in [2.45, 2.75) is 10.6 Å². The summed E-state index contributed by atoms with van der Waals surface area (Å²) < 4.78 is 25.6. The molecule has 0 aromatic heterocycles. The molecule has 7 heteroatoms. The molecule has 108 valence electrons. The number of rotatable bonds is 5. The third-order valence-corrected chi connectivity index (χ3v) is 5.98. The van der Waals surface area contributed by atoms with Crippen LogP contribution in [0.15, 0.2) is 53.4 Å². The molecule has 0 radical (unpaired) electrons. The van der Waals surface area contributed by atoms with Gasteiger partial charge in [-0.05, 0) is 0 Å². The normalized spacial score (nSPS) is 11.4. The van der Waals surface area contributed by atoms with E-state index in [-0.39, 0.29) is 31.6 Å². The second kappa shape index (κ2) is 6.33. The number of hydrogen-bond donors (Lipinski definition) is 0. The van der Waals surface area contributed by atoms with Crippen molar-refractivity contribution in [2.24, 2.45) is 0 Å². The molecule has 21 heavy (non-hydrogen) atoms. The van der Waals surface area contributed by atoms with E-state index < -0.39 is 14.8 Å². The number of benzene rings is 2. The van der Waals surface area contributed by atoms with Crippen molar-refractivity contribution in [1.82, 2.24) is 0 Å². The van der Waals surface area contributed by atoms with E-state index in [2.05, 4.69) is 5.31 Å². The molecule has 0 spiro atoms. The van der Waals surface area contributed by atoms with Gasteiger partial charge in [0.05, 0.1) is 0 Å². The Hall–Kier alpha value is -1.78. The van der Waals surface area contributed by atoms with Crippen LogP contribution in [0.2, 0.25) is 0 Å². The van der Waals surface area contributed by atoms with E-state index in [0.29, 0.717) is 5.56 Å². The molecule has 0 saturated carbocycles. The Bertz CT molecular complexity index is 768. The Morgan fingerprint density at radius 3 is 2.10 bits per heavy atom. The summed E-state index contributed by atoms with van der Waals surface area (Å²) in [6.07, 6.45) is 0. The molecule has 0 unspecified atom stereocenters. The van der Waals surface area contributed by atoms with Crippen LogP contribution in [0, 0.1) is 10.1 Å². The topological polar surface area (TPSA) is 77.3 Å². The average molecular weight is 365 g/mol. The van der Waals surface area contributed by atoms with Crippen molar-refractivity contribution in [3.05, 3.63) is 64.2 Å². The van der Waals surface area contributed by atoms with Crippen LogP contribution in [0.25, 0.3) is 0 Å². The molecule has 0 fully saturated rings. The third kappa shape index (κ3) is 3.86. The van der Waals surface area contributed by atoms with Crippen LogP contribution in [0.1, 0.15) is 5.56 Å². The van der Waals surface area contributed by atoms with Crippen molar-refractivity contribution < 1.29 is 13.3 Å².